The molecule has 0 fully saturated rings. The van der Waals surface area contributed by atoms with Crippen molar-refractivity contribution >= 4 is 5.97 Å². The van der Waals surface area contributed by atoms with Crippen molar-refractivity contribution in [1.29, 1.82) is 0 Å². The van der Waals surface area contributed by atoms with Crippen LogP contribution >= 0.6 is 0 Å². The molecule has 0 amide bonds. The monoisotopic (exact) mass is 336 g/mol. The highest BCUT2D eigenvalue weighted by Crippen LogP contribution is 2.24. The van der Waals surface area contributed by atoms with Crippen molar-refractivity contribution in [2.45, 2.75) is 65.6 Å². The van der Waals surface area contributed by atoms with Crippen molar-refractivity contribution in [1.82, 2.24) is 0 Å². The Hall–Kier alpha value is -1.55. The maximum atomic E-state index is 11.4. The summed E-state index contributed by atoms with van der Waals surface area (Å²) in [5.74, 6) is -0.274. The highest BCUT2D eigenvalue weighted by atomic mass is 16.5. The lowest BCUT2D eigenvalue weighted by atomic mass is 9.89. The lowest BCUT2D eigenvalue weighted by Gasteiger charge is -2.28. The maximum Gasteiger partial charge on any atom is 0.308 e. The largest absolute Gasteiger partial charge is 0.497 e. The summed E-state index contributed by atoms with van der Waals surface area (Å²) < 4.78 is 11.2. The molecule has 0 unspecified atom stereocenters. The maximum absolute atomic E-state index is 11.4. The van der Waals surface area contributed by atoms with Crippen LogP contribution in [0.2, 0.25) is 0 Å². The number of carboxylic acid groups (broad SMARTS) is 1. The average molecular weight is 336 g/mol. The second-order valence-electron chi connectivity index (χ2n) is 6.58. The summed E-state index contributed by atoms with van der Waals surface area (Å²) in [7, 11) is 1.64. The zero-order valence-electron chi connectivity index (χ0n) is 15.5. The Bertz CT molecular complexity index is 469. The molecule has 0 aromatic heterocycles. The number of benzene rings is 1. The Balaban J connectivity index is 2.62. The number of aliphatic carboxylic acids is 1. The van der Waals surface area contributed by atoms with Gasteiger partial charge in [-0.1, -0.05) is 51.7 Å². The number of methoxy groups -OCH3 is 1. The lowest BCUT2D eigenvalue weighted by molar-refractivity contribution is -0.149. The van der Waals surface area contributed by atoms with Crippen LogP contribution in [-0.4, -0.2) is 24.3 Å². The molecule has 0 aliphatic carbocycles. The first-order valence-corrected chi connectivity index (χ1v) is 8.96. The second kappa shape index (κ2) is 11.1. The number of carboxylic acids is 1. The van der Waals surface area contributed by atoms with E-state index in [1.54, 1.807) is 14.0 Å². The smallest absolute Gasteiger partial charge is 0.308 e. The molecule has 4 nitrogen and oxygen atoms in total. The van der Waals surface area contributed by atoms with Crippen molar-refractivity contribution in [2.75, 3.05) is 7.11 Å². The molecule has 1 aromatic rings. The normalized spacial score (nSPS) is 14.8. The van der Waals surface area contributed by atoms with Crippen molar-refractivity contribution in [2.24, 2.45) is 11.8 Å². The number of rotatable bonds is 12. The second-order valence-corrected chi connectivity index (χ2v) is 6.58. The minimum Gasteiger partial charge on any atom is -0.497 e. The molecule has 136 valence electrons. The first-order chi connectivity index (χ1) is 11.5. The van der Waals surface area contributed by atoms with Gasteiger partial charge in [-0.3, -0.25) is 4.79 Å². The lowest BCUT2D eigenvalue weighted by Crippen LogP contribution is -2.34. The fraction of sp³-hybridized carbons (Fsp3) is 0.650. The molecule has 0 bridgehead atoms. The van der Waals surface area contributed by atoms with Gasteiger partial charge in [0.15, 0.2) is 0 Å². The molecule has 0 saturated heterocycles. The van der Waals surface area contributed by atoms with E-state index in [0.29, 0.717) is 6.61 Å². The molecule has 0 heterocycles. The standard InChI is InChI=1S/C20H32O4/c1-5-6-7-8-9-15(2)19(16(3)20(21)22)24-14-17-10-12-18(23-4)13-11-17/h10-13,15-16,19H,5-9,14H2,1-4H3,(H,21,22)/t15-,16+,19+/m0/s1. The summed E-state index contributed by atoms with van der Waals surface area (Å²) in [6, 6.07) is 7.69. The third-order valence-electron chi connectivity index (χ3n) is 4.56. The van der Waals surface area contributed by atoms with Gasteiger partial charge in [0, 0.05) is 0 Å². The third-order valence-corrected chi connectivity index (χ3v) is 4.56. The van der Waals surface area contributed by atoms with Crippen molar-refractivity contribution in [3.63, 3.8) is 0 Å². The average Bonchev–Trinajstić information content (AvgIpc) is 2.59. The predicted molar refractivity (Wildman–Crippen MR) is 96.3 cm³/mol. The van der Waals surface area contributed by atoms with Gasteiger partial charge in [-0.25, -0.2) is 0 Å². The van der Waals surface area contributed by atoms with Gasteiger partial charge < -0.3 is 14.6 Å². The van der Waals surface area contributed by atoms with Gasteiger partial charge >= 0.3 is 5.97 Å². The van der Waals surface area contributed by atoms with E-state index in [2.05, 4.69) is 13.8 Å². The zero-order valence-corrected chi connectivity index (χ0v) is 15.5. The van der Waals surface area contributed by atoms with Gasteiger partial charge in [0.05, 0.1) is 25.7 Å². The number of ether oxygens (including phenoxy) is 2. The van der Waals surface area contributed by atoms with Crippen LogP contribution < -0.4 is 4.74 Å². The van der Waals surface area contributed by atoms with E-state index in [1.165, 1.54) is 19.3 Å². The molecule has 0 aliphatic heterocycles. The molecule has 0 aliphatic rings. The molecule has 4 heteroatoms. The summed E-state index contributed by atoms with van der Waals surface area (Å²) in [6.07, 6.45) is 5.50. The van der Waals surface area contributed by atoms with E-state index < -0.39 is 11.9 Å². The van der Waals surface area contributed by atoms with Gasteiger partial charge in [0.2, 0.25) is 0 Å². The fourth-order valence-electron chi connectivity index (χ4n) is 2.91. The molecule has 1 aromatic carbocycles. The molecule has 0 spiro atoms. The van der Waals surface area contributed by atoms with Crippen LogP contribution in [0.3, 0.4) is 0 Å². The highest BCUT2D eigenvalue weighted by molar-refractivity contribution is 5.70. The van der Waals surface area contributed by atoms with E-state index in [1.807, 2.05) is 24.3 Å². The van der Waals surface area contributed by atoms with Gasteiger partial charge in [0.1, 0.15) is 5.75 Å². The minimum atomic E-state index is -0.796. The Morgan fingerprint density at radius 1 is 1.12 bits per heavy atom. The van der Waals surface area contributed by atoms with E-state index in [0.717, 1.165) is 24.2 Å². The Morgan fingerprint density at radius 2 is 1.79 bits per heavy atom. The minimum absolute atomic E-state index is 0.228. The SMILES string of the molecule is CCCCCC[C@H](C)[C@@H](OCc1ccc(OC)cc1)[C@@H](C)C(=O)O. The predicted octanol–water partition coefficient (Wildman–Crippen LogP) is 4.91. The van der Waals surface area contributed by atoms with Crippen LogP contribution in [0.5, 0.6) is 5.75 Å². The van der Waals surface area contributed by atoms with Crippen LogP contribution in [0.25, 0.3) is 0 Å². The Labute approximate surface area is 146 Å². The third kappa shape index (κ3) is 6.91. The zero-order chi connectivity index (χ0) is 17.9. The summed E-state index contributed by atoms with van der Waals surface area (Å²) >= 11 is 0. The van der Waals surface area contributed by atoms with E-state index in [9.17, 15) is 9.90 Å². The first-order valence-electron chi connectivity index (χ1n) is 8.96. The van der Waals surface area contributed by atoms with Gasteiger partial charge in [0.25, 0.3) is 0 Å². The summed E-state index contributed by atoms with van der Waals surface area (Å²) in [5, 5.41) is 9.38. The Kier molecular flexibility index (Phi) is 9.46. The van der Waals surface area contributed by atoms with Crippen molar-refractivity contribution in [3.8, 4) is 5.75 Å². The fourth-order valence-corrected chi connectivity index (χ4v) is 2.91. The highest BCUT2D eigenvalue weighted by Gasteiger charge is 2.29. The first kappa shape index (κ1) is 20.5. The van der Waals surface area contributed by atoms with Crippen molar-refractivity contribution < 1.29 is 19.4 Å². The van der Waals surface area contributed by atoms with E-state index in [4.69, 9.17) is 9.47 Å². The topological polar surface area (TPSA) is 55.8 Å². The van der Waals surface area contributed by atoms with Gasteiger partial charge in [-0.2, -0.15) is 0 Å². The van der Waals surface area contributed by atoms with Crippen LogP contribution in [0.1, 0.15) is 58.4 Å². The van der Waals surface area contributed by atoms with Gasteiger partial charge in [-0.15, -0.1) is 0 Å². The van der Waals surface area contributed by atoms with Crippen LogP contribution in [0.15, 0.2) is 24.3 Å². The van der Waals surface area contributed by atoms with E-state index >= 15 is 0 Å². The summed E-state index contributed by atoms with van der Waals surface area (Å²) in [4.78, 5) is 11.4. The molecule has 1 rings (SSSR count). The molecular formula is C20H32O4. The summed E-state index contributed by atoms with van der Waals surface area (Å²) in [6.45, 7) is 6.45. The number of hydrogen-bond donors (Lipinski definition) is 1. The van der Waals surface area contributed by atoms with Crippen LogP contribution in [0, 0.1) is 11.8 Å². The quantitative estimate of drug-likeness (QED) is 0.551. The molecule has 24 heavy (non-hydrogen) atoms. The number of hydrogen-bond acceptors (Lipinski definition) is 3. The molecule has 3 atom stereocenters. The molecule has 1 N–H and O–H groups in total. The summed E-state index contributed by atoms with van der Waals surface area (Å²) in [5.41, 5.74) is 1.02. The number of unbranched alkanes of at least 4 members (excludes halogenated alkanes) is 3. The molecule has 0 saturated carbocycles. The van der Waals surface area contributed by atoms with Crippen LogP contribution in [0.4, 0.5) is 0 Å². The molecule has 0 radical (unpaired) electrons. The number of carbonyl (C=O) groups is 1. The van der Waals surface area contributed by atoms with E-state index in [-0.39, 0.29) is 12.0 Å². The van der Waals surface area contributed by atoms with Crippen molar-refractivity contribution in [3.05, 3.63) is 29.8 Å². The molecular weight excluding hydrogens is 304 g/mol. The van der Waals surface area contributed by atoms with Crippen LogP contribution in [-0.2, 0) is 16.1 Å². The Morgan fingerprint density at radius 3 is 2.33 bits per heavy atom. The van der Waals surface area contributed by atoms with Gasteiger partial charge in [-0.05, 0) is 37.0 Å².